The fourth-order valence-electron chi connectivity index (χ4n) is 4.07. The van der Waals surface area contributed by atoms with E-state index in [1.54, 1.807) is 35.4 Å². The summed E-state index contributed by atoms with van der Waals surface area (Å²) >= 11 is 0. The SMILES string of the molecule is CCOc1ccc([C@H]2c3c(-c4ccccc4O)n[nH]c3C(=O)N2Cc2ccco2)cc1. The normalized spacial score (nSPS) is 15.3. The first-order chi connectivity index (χ1) is 15.2. The summed E-state index contributed by atoms with van der Waals surface area (Å²) < 4.78 is 11.1. The number of phenolic OH excluding ortho intramolecular Hbond substituents is 1. The van der Waals surface area contributed by atoms with Crippen LogP contribution in [-0.4, -0.2) is 32.7 Å². The standard InChI is InChI=1S/C24H21N3O4/c1-2-30-16-11-9-15(10-12-16)23-20-21(18-7-3-4-8-19(18)28)25-26-22(20)24(29)27(23)14-17-6-5-13-31-17/h3-13,23,28H,2,14H2,1H3,(H,25,26)/t23-/m0/s1. The van der Waals surface area contributed by atoms with Crippen molar-refractivity contribution >= 4 is 5.91 Å². The molecular weight excluding hydrogens is 394 g/mol. The number of aromatic nitrogens is 2. The quantitative estimate of drug-likeness (QED) is 0.483. The number of carbonyl (C=O) groups excluding carboxylic acids is 1. The van der Waals surface area contributed by atoms with Gasteiger partial charge in [0.15, 0.2) is 0 Å². The van der Waals surface area contributed by atoms with Gasteiger partial charge in [-0.1, -0.05) is 24.3 Å². The largest absolute Gasteiger partial charge is 0.507 e. The van der Waals surface area contributed by atoms with E-state index in [1.165, 1.54) is 0 Å². The molecule has 0 saturated heterocycles. The highest BCUT2D eigenvalue weighted by Gasteiger charge is 2.42. The molecule has 2 aromatic heterocycles. The van der Waals surface area contributed by atoms with E-state index in [-0.39, 0.29) is 11.7 Å². The summed E-state index contributed by atoms with van der Waals surface area (Å²) in [5, 5.41) is 17.7. The van der Waals surface area contributed by atoms with Gasteiger partial charge in [0.25, 0.3) is 5.91 Å². The van der Waals surface area contributed by atoms with Gasteiger partial charge in [0.1, 0.15) is 28.6 Å². The van der Waals surface area contributed by atoms with Crippen LogP contribution in [0.2, 0.25) is 0 Å². The Kier molecular flexibility index (Phi) is 4.71. The van der Waals surface area contributed by atoms with Crippen molar-refractivity contribution < 1.29 is 19.1 Å². The molecule has 156 valence electrons. The number of aromatic amines is 1. The molecule has 31 heavy (non-hydrogen) atoms. The zero-order valence-corrected chi connectivity index (χ0v) is 16.9. The molecule has 0 radical (unpaired) electrons. The van der Waals surface area contributed by atoms with Crippen LogP contribution in [0.15, 0.2) is 71.3 Å². The molecule has 1 atom stereocenters. The molecule has 0 unspecified atom stereocenters. The number of benzene rings is 2. The number of H-pyrrole nitrogens is 1. The number of carbonyl (C=O) groups is 1. The molecule has 1 aliphatic rings. The van der Waals surface area contributed by atoms with E-state index >= 15 is 0 Å². The third kappa shape index (κ3) is 3.24. The van der Waals surface area contributed by atoms with Crippen molar-refractivity contribution in [3.8, 4) is 22.8 Å². The Labute approximate surface area is 178 Å². The van der Waals surface area contributed by atoms with Crippen LogP contribution >= 0.6 is 0 Å². The summed E-state index contributed by atoms with van der Waals surface area (Å²) in [5.74, 6) is 1.40. The van der Waals surface area contributed by atoms with Crippen molar-refractivity contribution in [2.45, 2.75) is 19.5 Å². The number of nitrogens with zero attached hydrogens (tertiary/aromatic N) is 2. The average molecular weight is 415 g/mol. The zero-order valence-electron chi connectivity index (χ0n) is 16.9. The first-order valence-electron chi connectivity index (χ1n) is 10.1. The topological polar surface area (TPSA) is 91.6 Å². The van der Waals surface area contributed by atoms with Gasteiger partial charge in [0, 0.05) is 11.1 Å². The first-order valence-corrected chi connectivity index (χ1v) is 10.1. The summed E-state index contributed by atoms with van der Waals surface area (Å²) in [6.07, 6.45) is 1.59. The van der Waals surface area contributed by atoms with Crippen LogP contribution in [0.1, 0.15) is 40.3 Å². The van der Waals surface area contributed by atoms with Crippen molar-refractivity contribution in [2.24, 2.45) is 0 Å². The molecule has 1 amide bonds. The molecule has 0 aliphatic carbocycles. The minimum Gasteiger partial charge on any atom is -0.507 e. The molecule has 7 nitrogen and oxygen atoms in total. The fourth-order valence-corrected chi connectivity index (χ4v) is 4.07. The predicted molar refractivity (Wildman–Crippen MR) is 114 cm³/mol. The van der Waals surface area contributed by atoms with E-state index in [2.05, 4.69) is 10.2 Å². The number of amides is 1. The zero-order chi connectivity index (χ0) is 21.4. The van der Waals surface area contributed by atoms with Gasteiger partial charge in [-0.05, 0) is 48.9 Å². The fraction of sp³-hybridized carbons (Fsp3) is 0.167. The predicted octanol–water partition coefficient (Wildman–Crippen LogP) is 4.52. The minimum atomic E-state index is -0.392. The molecule has 2 N–H and O–H groups in total. The Hall–Kier alpha value is -4.00. The van der Waals surface area contributed by atoms with Gasteiger partial charge in [0.05, 0.1) is 25.5 Å². The summed E-state index contributed by atoms with van der Waals surface area (Å²) in [4.78, 5) is 15.1. The lowest BCUT2D eigenvalue weighted by Crippen LogP contribution is -2.28. The van der Waals surface area contributed by atoms with E-state index in [4.69, 9.17) is 9.15 Å². The molecule has 1 aliphatic heterocycles. The number of nitrogens with one attached hydrogen (secondary N) is 1. The van der Waals surface area contributed by atoms with Crippen LogP contribution in [0.4, 0.5) is 0 Å². The van der Waals surface area contributed by atoms with Crippen LogP contribution in [0, 0.1) is 0 Å². The second-order valence-corrected chi connectivity index (χ2v) is 7.30. The van der Waals surface area contributed by atoms with Crippen molar-refractivity contribution in [3.63, 3.8) is 0 Å². The molecule has 0 saturated carbocycles. The Morgan fingerprint density at radius 1 is 1.13 bits per heavy atom. The Bertz CT molecular complexity index is 1210. The van der Waals surface area contributed by atoms with Crippen LogP contribution in [0.3, 0.4) is 0 Å². The van der Waals surface area contributed by atoms with Gasteiger partial charge in [-0.25, -0.2) is 0 Å². The van der Waals surface area contributed by atoms with Gasteiger partial charge in [-0.15, -0.1) is 0 Å². The highest BCUT2D eigenvalue weighted by atomic mass is 16.5. The first kappa shape index (κ1) is 19.0. The Balaban J connectivity index is 1.64. The smallest absolute Gasteiger partial charge is 0.273 e. The van der Waals surface area contributed by atoms with Gasteiger partial charge in [-0.3, -0.25) is 9.89 Å². The maximum atomic E-state index is 13.3. The van der Waals surface area contributed by atoms with E-state index in [0.717, 1.165) is 16.9 Å². The second-order valence-electron chi connectivity index (χ2n) is 7.30. The summed E-state index contributed by atoms with van der Waals surface area (Å²) in [6, 6.07) is 17.9. The van der Waals surface area contributed by atoms with Crippen LogP contribution < -0.4 is 4.74 Å². The molecule has 4 aromatic rings. The van der Waals surface area contributed by atoms with E-state index in [1.807, 2.05) is 43.3 Å². The summed E-state index contributed by atoms with van der Waals surface area (Å²) in [5.41, 5.74) is 3.21. The van der Waals surface area contributed by atoms with E-state index in [9.17, 15) is 9.90 Å². The monoisotopic (exact) mass is 415 g/mol. The number of para-hydroxylation sites is 1. The van der Waals surface area contributed by atoms with Crippen molar-refractivity contribution in [2.75, 3.05) is 6.61 Å². The molecule has 0 spiro atoms. The molecular formula is C24H21N3O4. The molecule has 2 aromatic carbocycles. The third-order valence-electron chi connectivity index (χ3n) is 5.44. The lowest BCUT2D eigenvalue weighted by Gasteiger charge is -2.25. The highest BCUT2D eigenvalue weighted by Crippen LogP contribution is 2.45. The van der Waals surface area contributed by atoms with Gasteiger partial charge in [-0.2, -0.15) is 5.10 Å². The third-order valence-corrected chi connectivity index (χ3v) is 5.44. The molecule has 7 heteroatoms. The Morgan fingerprint density at radius 2 is 1.94 bits per heavy atom. The number of rotatable bonds is 6. The number of ether oxygens (including phenoxy) is 1. The number of aromatic hydroxyl groups is 1. The van der Waals surface area contributed by atoms with Crippen molar-refractivity contribution in [1.29, 1.82) is 0 Å². The molecule has 0 fully saturated rings. The number of fused-ring (bicyclic) bond motifs is 1. The maximum Gasteiger partial charge on any atom is 0.273 e. The van der Waals surface area contributed by atoms with Gasteiger partial charge < -0.3 is 19.2 Å². The lowest BCUT2D eigenvalue weighted by atomic mass is 9.95. The molecule has 5 rings (SSSR count). The number of hydrogen-bond acceptors (Lipinski definition) is 5. The Morgan fingerprint density at radius 3 is 2.65 bits per heavy atom. The number of furan rings is 1. The second kappa shape index (κ2) is 7.68. The van der Waals surface area contributed by atoms with Gasteiger partial charge in [0.2, 0.25) is 0 Å². The minimum absolute atomic E-state index is 0.110. The van der Waals surface area contributed by atoms with Crippen molar-refractivity contribution in [3.05, 3.63) is 89.5 Å². The van der Waals surface area contributed by atoms with Gasteiger partial charge >= 0.3 is 0 Å². The average Bonchev–Trinajstić information content (AvgIpc) is 3.50. The number of phenols is 1. The summed E-state index contributed by atoms with van der Waals surface area (Å²) in [7, 11) is 0. The van der Waals surface area contributed by atoms with Crippen LogP contribution in [0.25, 0.3) is 11.3 Å². The van der Waals surface area contributed by atoms with Crippen LogP contribution in [-0.2, 0) is 6.54 Å². The van der Waals surface area contributed by atoms with E-state index < -0.39 is 6.04 Å². The van der Waals surface area contributed by atoms with E-state index in [0.29, 0.717) is 35.9 Å². The number of hydrogen-bond donors (Lipinski definition) is 2. The molecule has 0 bridgehead atoms. The lowest BCUT2D eigenvalue weighted by molar-refractivity contribution is 0.0717. The summed E-state index contributed by atoms with van der Waals surface area (Å²) in [6.45, 7) is 2.83. The van der Waals surface area contributed by atoms with Crippen molar-refractivity contribution in [1.82, 2.24) is 15.1 Å². The molecule has 3 heterocycles. The maximum absolute atomic E-state index is 13.3. The van der Waals surface area contributed by atoms with Crippen LogP contribution in [0.5, 0.6) is 11.5 Å². The highest BCUT2D eigenvalue weighted by molar-refractivity contribution is 6.00.